The maximum Gasteiger partial charge on any atom is 0.128 e. The van der Waals surface area contributed by atoms with E-state index in [1.165, 1.54) is 6.07 Å². The van der Waals surface area contributed by atoms with Gasteiger partial charge >= 0.3 is 0 Å². The topological polar surface area (TPSA) is 21.3 Å². The molecule has 0 aromatic heterocycles. The first-order valence-electron chi connectivity index (χ1n) is 6.98. The largest absolute Gasteiger partial charge is 0.497 e. The smallest absolute Gasteiger partial charge is 0.128 e. The van der Waals surface area contributed by atoms with Crippen molar-refractivity contribution >= 4 is 11.6 Å². The summed E-state index contributed by atoms with van der Waals surface area (Å²) < 4.78 is 19.4. The zero-order valence-corrected chi connectivity index (χ0v) is 13.0. The van der Waals surface area contributed by atoms with Gasteiger partial charge in [0, 0.05) is 10.6 Å². The minimum absolute atomic E-state index is 0.251. The Balaban J connectivity index is 2.44. The van der Waals surface area contributed by atoms with Crippen molar-refractivity contribution in [2.75, 3.05) is 13.7 Å². The normalized spacial score (nSPS) is 12.2. The van der Waals surface area contributed by atoms with Crippen molar-refractivity contribution in [1.82, 2.24) is 5.32 Å². The van der Waals surface area contributed by atoms with Crippen LogP contribution in [0.2, 0.25) is 5.02 Å². The number of benzene rings is 2. The molecule has 1 atom stereocenters. The van der Waals surface area contributed by atoms with Crippen LogP contribution in [0.1, 0.15) is 30.5 Å². The molecule has 1 N–H and O–H groups in total. The van der Waals surface area contributed by atoms with Crippen LogP contribution in [0.15, 0.2) is 42.5 Å². The zero-order chi connectivity index (χ0) is 15.2. The zero-order valence-electron chi connectivity index (χ0n) is 12.2. The Labute approximate surface area is 129 Å². The third-order valence-corrected chi connectivity index (χ3v) is 3.53. The first kappa shape index (κ1) is 15.8. The summed E-state index contributed by atoms with van der Waals surface area (Å²) in [6, 6.07) is 12.0. The van der Waals surface area contributed by atoms with Crippen molar-refractivity contribution in [1.29, 1.82) is 0 Å². The Morgan fingerprint density at radius 2 is 2.05 bits per heavy atom. The number of hydrogen-bond acceptors (Lipinski definition) is 2. The van der Waals surface area contributed by atoms with E-state index >= 15 is 0 Å². The highest BCUT2D eigenvalue weighted by atomic mass is 35.5. The van der Waals surface area contributed by atoms with E-state index in [1.807, 2.05) is 24.3 Å². The fourth-order valence-corrected chi connectivity index (χ4v) is 2.43. The van der Waals surface area contributed by atoms with Gasteiger partial charge in [0.25, 0.3) is 0 Å². The summed E-state index contributed by atoms with van der Waals surface area (Å²) in [6.45, 7) is 2.86. The standard InChI is InChI=1S/C17H19ClFNO/c1-3-9-20-17(12-5-4-6-14(10-12)21-2)15-11-13(18)7-8-16(15)19/h4-8,10-11,17,20H,3,9H2,1-2H3. The predicted octanol–water partition coefficient (Wildman–Crippen LogP) is 4.58. The Morgan fingerprint density at radius 1 is 1.24 bits per heavy atom. The summed E-state index contributed by atoms with van der Waals surface area (Å²) in [7, 11) is 1.62. The van der Waals surface area contributed by atoms with Crippen LogP contribution in [-0.4, -0.2) is 13.7 Å². The molecule has 0 saturated heterocycles. The first-order chi connectivity index (χ1) is 10.2. The minimum Gasteiger partial charge on any atom is -0.497 e. The third kappa shape index (κ3) is 3.96. The van der Waals surface area contributed by atoms with Crippen molar-refractivity contribution < 1.29 is 9.13 Å². The third-order valence-electron chi connectivity index (χ3n) is 3.29. The number of rotatable bonds is 6. The van der Waals surface area contributed by atoms with Gasteiger partial charge in [0.1, 0.15) is 11.6 Å². The molecule has 21 heavy (non-hydrogen) atoms. The molecule has 2 aromatic carbocycles. The molecule has 0 fully saturated rings. The maximum absolute atomic E-state index is 14.2. The van der Waals surface area contributed by atoms with Gasteiger partial charge in [0.2, 0.25) is 0 Å². The molecule has 1 unspecified atom stereocenters. The highest BCUT2D eigenvalue weighted by Gasteiger charge is 2.18. The minimum atomic E-state index is -0.268. The second-order valence-electron chi connectivity index (χ2n) is 4.83. The van der Waals surface area contributed by atoms with Crippen LogP contribution in [0.4, 0.5) is 4.39 Å². The Hall–Kier alpha value is -1.58. The van der Waals surface area contributed by atoms with Gasteiger partial charge in [-0.25, -0.2) is 4.39 Å². The molecule has 112 valence electrons. The Kier molecular flexibility index (Phi) is 5.59. The molecule has 0 bridgehead atoms. The second-order valence-corrected chi connectivity index (χ2v) is 5.27. The molecule has 0 heterocycles. The van der Waals surface area contributed by atoms with Crippen molar-refractivity contribution in [2.45, 2.75) is 19.4 Å². The summed E-state index contributed by atoms with van der Waals surface area (Å²) in [5.74, 6) is 0.481. The van der Waals surface area contributed by atoms with Crippen LogP contribution in [0, 0.1) is 5.82 Å². The average Bonchev–Trinajstić information content (AvgIpc) is 2.51. The molecule has 2 nitrogen and oxygen atoms in total. The molecule has 0 aliphatic rings. The molecule has 0 spiro atoms. The molecule has 0 amide bonds. The van der Waals surface area contributed by atoms with Crippen LogP contribution < -0.4 is 10.1 Å². The van der Waals surface area contributed by atoms with E-state index in [0.717, 1.165) is 24.3 Å². The van der Waals surface area contributed by atoms with Gasteiger partial charge in [0.05, 0.1) is 13.2 Å². The number of nitrogens with one attached hydrogen (secondary N) is 1. The van der Waals surface area contributed by atoms with Gasteiger partial charge in [-0.2, -0.15) is 0 Å². The SMILES string of the molecule is CCCNC(c1cccc(OC)c1)c1cc(Cl)ccc1F. The molecule has 2 aromatic rings. The lowest BCUT2D eigenvalue weighted by atomic mass is 9.97. The molecule has 0 aliphatic heterocycles. The van der Waals surface area contributed by atoms with Gasteiger partial charge in [0.15, 0.2) is 0 Å². The molecule has 0 aliphatic carbocycles. The molecular weight excluding hydrogens is 289 g/mol. The van der Waals surface area contributed by atoms with Crippen molar-refractivity contribution in [3.05, 3.63) is 64.4 Å². The van der Waals surface area contributed by atoms with Crippen LogP contribution >= 0.6 is 11.6 Å². The number of methoxy groups -OCH3 is 1. The Bertz CT molecular complexity index is 603. The van der Waals surface area contributed by atoms with Gasteiger partial charge in [-0.05, 0) is 48.9 Å². The number of ether oxygens (including phenoxy) is 1. The lowest BCUT2D eigenvalue weighted by Crippen LogP contribution is -2.24. The predicted molar refractivity (Wildman–Crippen MR) is 84.5 cm³/mol. The van der Waals surface area contributed by atoms with Crippen molar-refractivity contribution in [3.8, 4) is 5.75 Å². The van der Waals surface area contributed by atoms with E-state index in [-0.39, 0.29) is 11.9 Å². The van der Waals surface area contributed by atoms with E-state index in [1.54, 1.807) is 19.2 Å². The van der Waals surface area contributed by atoms with Crippen LogP contribution in [0.3, 0.4) is 0 Å². The van der Waals surface area contributed by atoms with Crippen molar-refractivity contribution in [3.63, 3.8) is 0 Å². The van der Waals surface area contributed by atoms with Gasteiger partial charge in [-0.15, -0.1) is 0 Å². The summed E-state index contributed by atoms with van der Waals surface area (Å²) in [6.07, 6.45) is 0.961. The first-order valence-corrected chi connectivity index (χ1v) is 7.35. The monoisotopic (exact) mass is 307 g/mol. The second kappa shape index (κ2) is 7.43. The average molecular weight is 308 g/mol. The van der Waals surface area contributed by atoms with E-state index < -0.39 is 0 Å². The maximum atomic E-state index is 14.2. The summed E-state index contributed by atoms with van der Waals surface area (Å²) >= 11 is 6.02. The van der Waals surface area contributed by atoms with Crippen molar-refractivity contribution in [2.24, 2.45) is 0 Å². The fourth-order valence-electron chi connectivity index (χ4n) is 2.25. The van der Waals surface area contributed by atoms with E-state index in [0.29, 0.717) is 10.6 Å². The quantitative estimate of drug-likeness (QED) is 0.843. The number of halogens is 2. The fraction of sp³-hybridized carbons (Fsp3) is 0.294. The molecule has 4 heteroatoms. The molecule has 2 rings (SSSR count). The van der Waals surface area contributed by atoms with Crippen LogP contribution in [0.25, 0.3) is 0 Å². The van der Waals surface area contributed by atoms with E-state index in [4.69, 9.17) is 16.3 Å². The lowest BCUT2D eigenvalue weighted by Gasteiger charge is -2.21. The summed E-state index contributed by atoms with van der Waals surface area (Å²) in [5.41, 5.74) is 1.49. The summed E-state index contributed by atoms with van der Waals surface area (Å²) in [5, 5.41) is 3.89. The highest BCUT2D eigenvalue weighted by molar-refractivity contribution is 6.30. The van der Waals surface area contributed by atoms with Gasteiger partial charge < -0.3 is 10.1 Å². The number of hydrogen-bond donors (Lipinski definition) is 1. The van der Waals surface area contributed by atoms with E-state index in [2.05, 4.69) is 12.2 Å². The Morgan fingerprint density at radius 3 is 2.76 bits per heavy atom. The summed E-state index contributed by atoms with van der Waals surface area (Å²) in [4.78, 5) is 0. The van der Waals surface area contributed by atoms with Crippen LogP contribution in [-0.2, 0) is 0 Å². The van der Waals surface area contributed by atoms with Gasteiger partial charge in [-0.1, -0.05) is 30.7 Å². The molecule has 0 radical (unpaired) electrons. The van der Waals surface area contributed by atoms with Gasteiger partial charge in [-0.3, -0.25) is 0 Å². The lowest BCUT2D eigenvalue weighted by molar-refractivity contribution is 0.413. The van der Waals surface area contributed by atoms with Crippen LogP contribution in [0.5, 0.6) is 5.75 Å². The van der Waals surface area contributed by atoms with E-state index in [9.17, 15) is 4.39 Å². The molecular formula is C17H19ClFNO. The molecule has 0 saturated carbocycles. The highest BCUT2D eigenvalue weighted by Crippen LogP contribution is 2.29.